The molecular weight excluding hydrogens is 184 g/mol. The monoisotopic (exact) mass is 196 g/mol. The lowest BCUT2D eigenvalue weighted by Crippen LogP contribution is -2.27. The molecule has 1 saturated carbocycles. The summed E-state index contributed by atoms with van der Waals surface area (Å²) in [5, 5.41) is 4.06. The molecule has 0 aromatic carbocycles. The number of pyridine rings is 1. The van der Waals surface area contributed by atoms with Gasteiger partial charge in [0.05, 0.1) is 5.02 Å². The molecule has 0 saturated heterocycles. The van der Waals surface area contributed by atoms with Gasteiger partial charge in [-0.25, -0.2) is 4.98 Å². The fourth-order valence-corrected chi connectivity index (χ4v) is 1.55. The zero-order chi connectivity index (χ0) is 9.26. The maximum absolute atomic E-state index is 6.00. The van der Waals surface area contributed by atoms with Crippen molar-refractivity contribution < 1.29 is 0 Å². The first-order valence-corrected chi connectivity index (χ1v) is 5.03. The van der Waals surface area contributed by atoms with E-state index in [0.29, 0.717) is 6.04 Å². The van der Waals surface area contributed by atoms with Crippen LogP contribution in [0.3, 0.4) is 0 Å². The highest BCUT2D eigenvalue weighted by atomic mass is 35.5. The van der Waals surface area contributed by atoms with E-state index in [2.05, 4.69) is 10.3 Å². The van der Waals surface area contributed by atoms with E-state index in [1.807, 2.05) is 19.1 Å². The first-order valence-electron chi connectivity index (χ1n) is 4.65. The van der Waals surface area contributed by atoms with Gasteiger partial charge in [0.2, 0.25) is 0 Å². The van der Waals surface area contributed by atoms with Crippen molar-refractivity contribution in [3.05, 3.63) is 22.8 Å². The largest absolute Gasteiger partial charge is 0.366 e. The number of aryl methyl sites for hydroxylation is 1. The van der Waals surface area contributed by atoms with Crippen LogP contribution in [0.25, 0.3) is 0 Å². The molecule has 1 N–H and O–H groups in total. The minimum absolute atomic E-state index is 0.590. The van der Waals surface area contributed by atoms with Gasteiger partial charge in [-0.05, 0) is 38.3 Å². The van der Waals surface area contributed by atoms with Gasteiger partial charge < -0.3 is 5.32 Å². The highest BCUT2D eigenvalue weighted by molar-refractivity contribution is 6.32. The first-order chi connectivity index (χ1) is 6.25. The topological polar surface area (TPSA) is 24.9 Å². The van der Waals surface area contributed by atoms with Crippen molar-refractivity contribution in [3.63, 3.8) is 0 Å². The molecule has 2 rings (SSSR count). The summed E-state index contributed by atoms with van der Waals surface area (Å²) in [4.78, 5) is 4.35. The Hall–Kier alpha value is -0.760. The Morgan fingerprint density at radius 1 is 1.46 bits per heavy atom. The number of hydrogen-bond acceptors (Lipinski definition) is 2. The van der Waals surface area contributed by atoms with Crippen molar-refractivity contribution in [2.24, 2.45) is 0 Å². The van der Waals surface area contributed by atoms with Crippen LogP contribution in [0.5, 0.6) is 0 Å². The molecular formula is C10H13ClN2. The van der Waals surface area contributed by atoms with Gasteiger partial charge in [0.25, 0.3) is 0 Å². The predicted octanol–water partition coefficient (Wildman–Crippen LogP) is 3.01. The quantitative estimate of drug-likeness (QED) is 0.787. The molecule has 0 spiro atoms. The molecule has 3 heteroatoms. The molecule has 1 fully saturated rings. The second-order valence-electron chi connectivity index (χ2n) is 3.56. The van der Waals surface area contributed by atoms with E-state index in [1.54, 1.807) is 0 Å². The summed E-state index contributed by atoms with van der Waals surface area (Å²) in [5.74, 6) is 0.839. The maximum atomic E-state index is 6.00. The molecule has 1 aliphatic carbocycles. The second-order valence-corrected chi connectivity index (χ2v) is 3.96. The van der Waals surface area contributed by atoms with Crippen LogP contribution in [0.15, 0.2) is 12.1 Å². The lowest BCUT2D eigenvalue weighted by atomic mass is 9.93. The molecule has 0 amide bonds. The third kappa shape index (κ3) is 1.94. The van der Waals surface area contributed by atoms with E-state index in [4.69, 9.17) is 11.6 Å². The SMILES string of the molecule is Cc1ccc(Cl)c(NC2CCC2)n1. The van der Waals surface area contributed by atoms with Crippen LogP contribution in [0.2, 0.25) is 5.02 Å². The summed E-state index contributed by atoms with van der Waals surface area (Å²) in [6.45, 7) is 1.97. The summed E-state index contributed by atoms with van der Waals surface area (Å²) in [7, 11) is 0. The number of aromatic nitrogens is 1. The van der Waals surface area contributed by atoms with Crippen LogP contribution in [0, 0.1) is 6.92 Å². The number of hydrogen-bond donors (Lipinski definition) is 1. The average Bonchev–Trinajstić information content (AvgIpc) is 2.03. The standard InChI is InChI=1S/C10H13ClN2/c1-7-5-6-9(11)10(12-7)13-8-3-2-4-8/h5-6,8H,2-4H2,1H3,(H,12,13). The number of nitrogens with zero attached hydrogens (tertiary/aromatic N) is 1. The van der Waals surface area contributed by atoms with Crippen LogP contribution >= 0.6 is 11.6 Å². The second kappa shape index (κ2) is 3.54. The van der Waals surface area contributed by atoms with Gasteiger partial charge in [-0.3, -0.25) is 0 Å². The van der Waals surface area contributed by atoms with E-state index in [1.165, 1.54) is 19.3 Å². The average molecular weight is 197 g/mol. The van der Waals surface area contributed by atoms with Gasteiger partial charge in [-0.15, -0.1) is 0 Å². The zero-order valence-electron chi connectivity index (χ0n) is 7.68. The van der Waals surface area contributed by atoms with Gasteiger partial charge in [-0.2, -0.15) is 0 Å². The number of nitrogens with one attached hydrogen (secondary N) is 1. The molecule has 1 aromatic heterocycles. The summed E-state index contributed by atoms with van der Waals surface area (Å²) in [5.41, 5.74) is 1.01. The van der Waals surface area contributed by atoms with Crippen LogP contribution in [0.1, 0.15) is 25.0 Å². The van der Waals surface area contributed by atoms with Crippen molar-refractivity contribution in [3.8, 4) is 0 Å². The number of rotatable bonds is 2. The Kier molecular flexibility index (Phi) is 2.40. The Morgan fingerprint density at radius 2 is 2.23 bits per heavy atom. The van der Waals surface area contributed by atoms with Gasteiger partial charge in [-0.1, -0.05) is 11.6 Å². The molecule has 0 atom stereocenters. The maximum Gasteiger partial charge on any atom is 0.145 e. The number of halogens is 1. The van der Waals surface area contributed by atoms with Gasteiger partial charge in [0.1, 0.15) is 5.82 Å². The van der Waals surface area contributed by atoms with Crippen molar-refractivity contribution >= 4 is 17.4 Å². The first kappa shape index (κ1) is 8.82. The van der Waals surface area contributed by atoms with Gasteiger partial charge in [0.15, 0.2) is 0 Å². The molecule has 0 aliphatic heterocycles. The Balaban J connectivity index is 2.13. The van der Waals surface area contributed by atoms with Crippen molar-refractivity contribution in [1.82, 2.24) is 4.98 Å². The third-order valence-corrected chi connectivity index (χ3v) is 2.74. The van der Waals surface area contributed by atoms with Gasteiger partial charge in [0, 0.05) is 11.7 Å². The lowest BCUT2D eigenvalue weighted by Gasteiger charge is -2.27. The summed E-state index contributed by atoms with van der Waals surface area (Å²) >= 11 is 6.00. The molecule has 70 valence electrons. The van der Waals surface area contributed by atoms with Crippen molar-refractivity contribution in [2.75, 3.05) is 5.32 Å². The summed E-state index contributed by atoms with van der Waals surface area (Å²) in [6, 6.07) is 4.41. The molecule has 0 bridgehead atoms. The Morgan fingerprint density at radius 3 is 2.85 bits per heavy atom. The predicted molar refractivity (Wildman–Crippen MR) is 55.2 cm³/mol. The molecule has 0 radical (unpaired) electrons. The van der Waals surface area contributed by atoms with Crippen molar-refractivity contribution in [1.29, 1.82) is 0 Å². The van der Waals surface area contributed by atoms with E-state index in [-0.39, 0.29) is 0 Å². The Bertz CT molecular complexity index is 308. The number of anilines is 1. The van der Waals surface area contributed by atoms with Crippen LogP contribution in [0.4, 0.5) is 5.82 Å². The molecule has 0 unspecified atom stereocenters. The highest BCUT2D eigenvalue weighted by Crippen LogP contribution is 2.26. The van der Waals surface area contributed by atoms with Crippen LogP contribution in [-0.2, 0) is 0 Å². The molecule has 1 aromatic rings. The third-order valence-electron chi connectivity index (χ3n) is 2.43. The summed E-state index contributed by atoms with van der Waals surface area (Å²) < 4.78 is 0. The van der Waals surface area contributed by atoms with Gasteiger partial charge >= 0.3 is 0 Å². The normalized spacial score (nSPS) is 16.8. The van der Waals surface area contributed by atoms with Crippen LogP contribution < -0.4 is 5.32 Å². The smallest absolute Gasteiger partial charge is 0.145 e. The minimum Gasteiger partial charge on any atom is -0.366 e. The molecule has 1 heterocycles. The molecule has 13 heavy (non-hydrogen) atoms. The van der Waals surface area contributed by atoms with E-state index in [0.717, 1.165) is 16.5 Å². The Labute approximate surface area is 83.3 Å². The molecule has 1 aliphatic rings. The fraction of sp³-hybridized carbons (Fsp3) is 0.500. The zero-order valence-corrected chi connectivity index (χ0v) is 8.43. The highest BCUT2D eigenvalue weighted by Gasteiger charge is 2.18. The minimum atomic E-state index is 0.590. The molecule has 2 nitrogen and oxygen atoms in total. The van der Waals surface area contributed by atoms with E-state index >= 15 is 0 Å². The van der Waals surface area contributed by atoms with E-state index in [9.17, 15) is 0 Å². The van der Waals surface area contributed by atoms with Crippen molar-refractivity contribution in [2.45, 2.75) is 32.2 Å². The van der Waals surface area contributed by atoms with Crippen LogP contribution in [-0.4, -0.2) is 11.0 Å². The summed E-state index contributed by atoms with van der Waals surface area (Å²) in [6.07, 6.45) is 3.80. The fourth-order valence-electron chi connectivity index (χ4n) is 1.39. The lowest BCUT2D eigenvalue weighted by molar-refractivity contribution is 0.444. The van der Waals surface area contributed by atoms with E-state index < -0.39 is 0 Å².